The van der Waals surface area contributed by atoms with E-state index in [1.165, 1.54) is 5.39 Å². The van der Waals surface area contributed by atoms with Crippen LogP contribution in [0.1, 0.15) is 28.6 Å². The van der Waals surface area contributed by atoms with Crippen molar-refractivity contribution in [3.8, 4) is 0 Å². The highest BCUT2D eigenvalue weighted by molar-refractivity contribution is 5.81. The van der Waals surface area contributed by atoms with E-state index in [2.05, 4.69) is 35.2 Å². The second kappa shape index (κ2) is 5.30. The van der Waals surface area contributed by atoms with Crippen LogP contribution in [-0.2, 0) is 13.5 Å². The van der Waals surface area contributed by atoms with E-state index in [1.807, 2.05) is 37.0 Å². The fourth-order valence-electron chi connectivity index (χ4n) is 2.86. The van der Waals surface area contributed by atoms with Crippen molar-refractivity contribution >= 4 is 10.9 Å². The lowest BCUT2D eigenvalue weighted by molar-refractivity contribution is 0.661. The summed E-state index contributed by atoms with van der Waals surface area (Å²) in [6, 6.07) is 10.2. The van der Waals surface area contributed by atoms with Crippen molar-refractivity contribution in [1.82, 2.24) is 14.8 Å². The summed E-state index contributed by atoms with van der Waals surface area (Å²) in [5, 5.41) is 5.78. The zero-order valence-electron chi connectivity index (χ0n) is 12.7. The summed E-state index contributed by atoms with van der Waals surface area (Å²) in [6.45, 7) is 4.10. The SMILES string of the molecule is Cc1cnc(C(N)Cc2nn(C)c3ccccc23)c(C)c1. The van der Waals surface area contributed by atoms with Gasteiger partial charge in [-0.15, -0.1) is 0 Å². The number of benzene rings is 1. The average molecular weight is 280 g/mol. The van der Waals surface area contributed by atoms with Crippen LogP contribution < -0.4 is 5.73 Å². The lowest BCUT2D eigenvalue weighted by atomic mass is 10.0. The van der Waals surface area contributed by atoms with Gasteiger partial charge in [0.25, 0.3) is 0 Å². The van der Waals surface area contributed by atoms with Crippen molar-refractivity contribution in [2.75, 3.05) is 0 Å². The van der Waals surface area contributed by atoms with Gasteiger partial charge in [0.2, 0.25) is 0 Å². The van der Waals surface area contributed by atoms with Crippen LogP contribution in [0.3, 0.4) is 0 Å². The highest BCUT2D eigenvalue weighted by atomic mass is 15.3. The van der Waals surface area contributed by atoms with E-state index in [-0.39, 0.29) is 6.04 Å². The lowest BCUT2D eigenvalue weighted by Crippen LogP contribution is -2.17. The van der Waals surface area contributed by atoms with E-state index in [9.17, 15) is 0 Å². The molecule has 0 aliphatic carbocycles. The van der Waals surface area contributed by atoms with E-state index in [0.717, 1.165) is 28.0 Å². The van der Waals surface area contributed by atoms with Crippen molar-refractivity contribution < 1.29 is 0 Å². The molecule has 0 spiro atoms. The number of para-hydroxylation sites is 1. The third-order valence-corrected chi connectivity index (χ3v) is 3.85. The maximum absolute atomic E-state index is 6.37. The molecule has 0 radical (unpaired) electrons. The Labute approximate surface area is 124 Å². The van der Waals surface area contributed by atoms with Crippen LogP contribution in [0.2, 0.25) is 0 Å². The first-order chi connectivity index (χ1) is 10.1. The molecule has 0 bridgehead atoms. The van der Waals surface area contributed by atoms with Crippen molar-refractivity contribution in [3.63, 3.8) is 0 Å². The Balaban J connectivity index is 1.94. The summed E-state index contributed by atoms with van der Waals surface area (Å²) in [5.41, 5.74) is 11.8. The van der Waals surface area contributed by atoms with Crippen LogP contribution in [0.4, 0.5) is 0 Å². The summed E-state index contributed by atoms with van der Waals surface area (Å²) in [4.78, 5) is 4.50. The molecule has 0 saturated carbocycles. The first-order valence-electron chi connectivity index (χ1n) is 7.15. The molecule has 1 aromatic carbocycles. The molecule has 2 heterocycles. The number of pyridine rings is 1. The molecule has 0 fully saturated rings. The fourth-order valence-corrected chi connectivity index (χ4v) is 2.86. The molecular formula is C17H20N4. The molecule has 0 amide bonds. The van der Waals surface area contributed by atoms with E-state index in [1.54, 1.807) is 0 Å². The highest BCUT2D eigenvalue weighted by Gasteiger charge is 2.16. The van der Waals surface area contributed by atoms with Gasteiger partial charge in [0.05, 0.1) is 22.9 Å². The monoisotopic (exact) mass is 280 g/mol. The minimum atomic E-state index is -0.135. The average Bonchev–Trinajstić information content (AvgIpc) is 2.76. The van der Waals surface area contributed by atoms with Gasteiger partial charge in [0, 0.05) is 25.1 Å². The topological polar surface area (TPSA) is 56.7 Å². The zero-order valence-corrected chi connectivity index (χ0v) is 12.7. The quantitative estimate of drug-likeness (QED) is 0.802. The Bertz CT molecular complexity index is 789. The molecule has 0 aliphatic rings. The van der Waals surface area contributed by atoms with Gasteiger partial charge in [0.1, 0.15) is 0 Å². The predicted octanol–water partition coefficient (Wildman–Crippen LogP) is 2.83. The molecule has 3 aromatic rings. The molecule has 4 nitrogen and oxygen atoms in total. The molecule has 4 heteroatoms. The molecule has 0 aliphatic heterocycles. The van der Waals surface area contributed by atoms with E-state index >= 15 is 0 Å². The standard InChI is InChI=1S/C17H20N4/c1-11-8-12(2)17(19-10-11)14(18)9-15-13-6-4-5-7-16(13)21(3)20-15/h4-8,10,14H,9,18H2,1-3H3. The molecule has 3 rings (SSSR count). The molecular weight excluding hydrogens is 260 g/mol. The molecule has 2 N–H and O–H groups in total. The number of hydrogen-bond acceptors (Lipinski definition) is 3. The summed E-state index contributed by atoms with van der Waals surface area (Å²) in [5.74, 6) is 0. The number of nitrogens with two attached hydrogens (primary N) is 1. The fraction of sp³-hybridized carbons (Fsp3) is 0.294. The van der Waals surface area contributed by atoms with Crippen LogP contribution >= 0.6 is 0 Å². The number of rotatable bonds is 3. The zero-order chi connectivity index (χ0) is 15.0. The summed E-state index contributed by atoms with van der Waals surface area (Å²) >= 11 is 0. The number of hydrogen-bond donors (Lipinski definition) is 1. The van der Waals surface area contributed by atoms with Crippen LogP contribution in [0.15, 0.2) is 36.5 Å². The van der Waals surface area contributed by atoms with Crippen molar-refractivity contribution in [2.24, 2.45) is 12.8 Å². The maximum Gasteiger partial charge on any atom is 0.0722 e. The van der Waals surface area contributed by atoms with E-state index in [0.29, 0.717) is 6.42 Å². The Morgan fingerprint density at radius 3 is 2.76 bits per heavy atom. The largest absolute Gasteiger partial charge is 0.322 e. The summed E-state index contributed by atoms with van der Waals surface area (Å²) in [6.07, 6.45) is 2.57. The van der Waals surface area contributed by atoms with Crippen molar-refractivity contribution in [3.05, 3.63) is 59.0 Å². The molecule has 1 unspecified atom stereocenters. The Morgan fingerprint density at radius 2 is 2.00 bits per heavy atom. The van der Waals surface area contributed by atoms with Gasteiger partial charge in [-0.1, -0.05) is 24.3 Å². The normalized spacial score (nSPS) is 12.8. The number of nitrogens with zero attached hydrogens (tertiary/aromatic N) is 3. The number of aryl methyl sites for hydroxylation is 3. The highest BCUT2D eigenvalue weighted by Crippen LogP contribution is 2.23. The van der Waals surface area contributed by atoms with E-state index < -0.39 is 0 Å². The van der Waals surface area contributed by atoms with Gasteiger partial charge in [-0.2, -0.15) is 5.10 Å². The van der Waals surface area contributed by atoms with Crippen molar-refractivity contribution in [2.45, 2.75) is 26.3 Å². The molecule has 21 heavy (non-hydrogen) atoms. The third kappa shape index (κ3) is 2.54. The van der Waals surface area contributed by atoms with Crippen LogP contribution in [-0.4, -0.2) is 14.8 Å². The predicted molar refractivity (Wildman–Crippen MR) is 85.1 cm³/mol. The van der Waals surface area contributed by atoms with E-state index in [4.69, 9.17) is 5.73 Å². The van der Waals surface area contributed by atoms with Crippen LogP contribution in [0.25, 0.3) is 10.9 Å². The molecule has 2 aromatic heterocycles. The van der Waals surface area contributed by atoms with Gasteiger partial charge < -0.3 is 5.73 Å². The van der Waals surface area contributed by atoms with Crippen LogP contribution in [0, 0.1) is 13.8 Å². The Kier molecular flexibility index (Phi) is 3.47. The van der Waals surface area contributed by atoms with Crippen LogP contribution in [0.5, 0.6) is 0 Å². The van der Waals surface area contributed by atoms with Gasteiger partial charge in [-0.05, 0) is 31.0 Å². The van der Waals surface area contributed by atoms with Gasteiger partial charge >= 0.3 is 0 Å². The number of aromatic nitrogens is 3. The summed E-state index contributed by atoms with van der Waals surface area (Å²) < 4.78 is 1.91. The molecule has 108 valence electrons. The first-order valence-corrected chi connectivity index (χ1v) is 7.15. The van der Waals surface area contributed by atoms with Crippen molar-refractivity contribution in [1.29, 1.82) is 0 Å². The Hall–Kier alpha value is -2.20. The van der Waals surface area contributed by atoms with Gasteiger partial charge in [0.15, 0.2) is 0 Å². The molecule has 1 atom stereocenters. The number of fused-ring (bicyclic) bond motifs is 1. The second-order valence-electron chi connectivity index (χ2n) is 5.61. The Morgan fingerprint density at radius 1 is 1.24 bits per heavy atom. The minimum absolute atomic E-state index is 0.135. The van der Waals surface area contributed by atoms with Gasteiger partial charge in [-0.3, -0.25) is 9.67 Å². The smallest absolute Gasteiger partial charge is 0.0722 e. The lowest BCUT2D eigenvalue weighted by Gasteiger charge is -2.13. The van der Waals surface area contributed by atoms with Gasteiger partial charge in [-0.25, -0.2) is 0 Å². The second-order valence-corrected chi connectivity index (χ2v) is 5.61. The first kappa shape index (κ1) is 13.8. The summed E-state index contributed by atoms with van der Waals surface area (Å²) in [7, 11) is 1.97. The third-order valence-electron chi connectivity index (χ3n) is 3.85. The minimum Gasteiger partial charge on any atom is -0.322 e. The molecule has 0 saturated heterocycles. The maximum atomic E-state index is 6.37.